The number of rotatable bonds is 1. The monoisotopic (exact) mass is 140 g/mol. The van der Waals surface area contributed by atoms with Gasteiger partial charge in [-0.15, -0.1) is 0 Å². The van der Waals surface area contributed by atoms with Gasteiger partial charge in [-0.05, 0) is 18.6 Å². The van der Waals surface area contributed by atoms with Crippen LogP contribution in [0.4, 0.5) is 0 Å². The fourth-order valence-corrected chi connectivity index (χ4v) is 0.804. The molecule has 1 rings (SSSR count). The van der Waals surface area contributed by atoms with Crippen LogP contribution in [-0.2, 0) is 4.79 Å². The van der Waals surface area contributed by atoms with Gasteiger partial charge in [0.2, 0.25) is 0 Å². The highest BCUT2D eigenvalue weighted by Gasteiger charge is 2.10. The van der Waals surface area contributed by atoms with Crippen LogP contribution in [-0.4, -0.2) is 16.2 Å². The molecule has 0 heterocycles. The van der Waals surface area contributed by atoms with E-state index in [9.17, 15) is 4.79 Å². The van der Waals surface area contributed by atoms with E-state index in [1.165, 1.54) is 12.2 Å². The molecule has 0 bridgehead atoms. The van der Waals surface area contributed by atoms with E-state index in [0.29, 0.717) is 18.4 Å². The van der Waals surface area contributed by atoms with Crippen molar-refractivity contribution in [1.82, 2.24) is 0 Å². The van der Waals surface area contributed by atoms with Crippen molar-refractivity contribution >= 4 is 5.97 Å². The summed E-state index contributed by atoms with van der Waals surface area (Å²) in [5, 5.41) is 17.3. The van der Waals surface area contributed by atoms with Crippen LogP contribution in [0.5, 0.6) is 0 Å². The molecule has 0 unspecified atom stereocenters. The Kier molecular flexibility index (Phi) is 1.76. The van der Waals surface area contributed by atoms with E-state index in [1.807, 2.05) is 0 Å². The highest BCUT2D eigenvalue weighted by atomic mass is 16.4. The smallest absolute Gasteiger partial charge is 0.331 e. The molecule has 10 heavy (non-hydrogen) atoms. The molecular weight excluding hydrogens is 132 g/mol. The second-order valence-corrected chi connectivity index (χ2v) is 2.16. The van der Waals surface area contributed by atoms with Gasteiger partial charge in [-0.3, -0.25) is 0 Å². The van der Waals surface area contributed by atoms with Crippen molar-refractivity contribution in [2.75, 3.05) is 0 Å². The summed E-state index contributed by atoms with van der Waals surface area (Å²) in [6, 6.07) is 0. The van der Waals surface area contributed by atoms with Crippen molar-refractivity contribution in [3.63, 3.8) is 0 Å². The molecule has 54 valence electrons. The summed E-state index contributed by atoms with van der Waals surface area (Å²) in [5.74, 6) is -0.645. The Morgan fingerprint density at radius 2 is 2.10 bits per heavy atom. The molecule has 3 nitrogen and oxygen atoms in total. The number of carboxylic acids is 1. The lowest BCUT2D eigenvalue weighted by Gasteiger charge is -2.05. The first-order chi connectivity index (χ1) is 4.70. The van der Waals surface area contributed by atoms with Gasteiger partial charge in [0, 0.05) is 12.0 Å². The van der Waals surface area contributed by atoms with Gasteiger partial charge in [0.05, 0.1) is 5.76 Å². The number of carboxylic acid groups (broad SMARTS) is 1. The molecule has 0 aromatic rings. The largest absolute Gasteiger partial charge is 0.512 e. The molecule has 3 heteroatoms. The summed E-state index contributed by atoms with van der Waals surface area (Å²) in [5.41, 5.74) is 0.359. The number of allylic oxidation sites excluding steroid dienone is 3. The molecule has 0 aliphatic heterocycles. The van der Waals surface area contributed by atoms with Gasteiger partial charge in [0.1, 0.15) is 0 Å². The van der Waals surface area contributed by atoms with Gasteiger partial charge in [-0.1, -0.05) is 0 Å². The molecule has 0 fully saturated rings. The number of aliphatic carboxylic acids is 1. The summed E-state index contributed by atoms with van der Waals surface area (Å²) in [7, 11) is 0. The number of hydrogen-bond acceptors (Lipinski definition) is 2. The third kappa shape index (κ3) is 1.37. The van der Waals surface area contributed by atoms with Gasteiger partial charge in [0.15, 0.2) is 0 Å². The highest BCUT2D eigenvalue weighted by Crippen LogP contribution is 2.15. The van der Waals surface area contributed by atoms with Crippen LogP contribution in [0.1, 0.15) is 12.8 Å². The normalized spacial score (nSPS) is 17.6. The first kappa shape index (κ1) is 6.86. The number of aliphatic hydroxyl groups excluding tert-OH is 1. The fraction of sp³-hybridized carbons (Fsp3) is 0.286. The molecule has 0 spiro atoms. The molecule has 0 aromatic heterocycles. The van der Waals surface area contributed by atoms with Crippen LogP contribution in [0.15, 0.2) is 23.5 Å². The first-order valence-corrected chi connectivity index (χ1v) is 3.02. The maximum atomic E-state index is 10.3. The van der Waals surface area contributed by atoms with Crippen LogP contribution in [0.25, 0.3) is 0 Å². The Morgan fingerprint density at radius 3 is 2.50 bits per heavy atom. The summed E-state index contributed by atoms with van der Waals surface area (Å²) in [6.07, 6.45) is 3.73. The minimum atomic E-state index is -0.899. The van der Waals surface area contributed by atoms with Crippen LogP contribution in [0.3, 0.4) is 0 Å². The average molecular weight is 140 g/mol. The van der Waals surface area contributed by atoms with E-state index in [4.69, 9.17) is 10.2 Å². The van der Waals surface area contributed by atoms with Gasteiger partial charge in [-0.2, -0.15) is 0 Å². The number of aliphatic hydroxyl groups is 1. The molecule has 0 saturated heterocycles. The van der Waals surface area contributed by atoms with E-state index in [2.05, 4.69) is 0 Å². The average Bonchev–Trinajstić information content (AvgIpc) is 1.88. The maximum absolute atomic E-state index is 10.3. The first-order valence-electron chi connectivity index (χ1n) is 3.02. The Bertz CT molecular complexity index is 213. The van der Waals surface area contributed by atoms with Crippen LogP contribution in [0, 0.1) is 0 Å². The molecule has 0 radical (unpaired) electrons. The fourth-order valence-electron chi connectivity index (χ4n) is 0.804. The minimum Gasteiger partial charge on any atom is -0.512 e. The summed E-state index contributed by atoms with van der Waals surface area (Å²) >= 11 is 0. The van der Waals surface area contributed by atoms with Crippen molar-refractivity contribution < 1.29 is 15.0 Å². The SMILES string of the molecule is O=C(O)C1=CC=C(O)CC1. The topological polar surface area (TPSA) is 57.5 Å². The van der Waals surface area contributed by atoms with Crippen molar-refractivity contribution in [2.24, 2.45) is 0 Å². The molecular formula is C7H8O3. The minimum absolute atomic E-state index is 0.255. The van der Waals surface area contributed by atoms with Gasteiger partial charge >= 0.3 is 5.97 Å². The van der Waals surface area contributed by atoms with Crippen LogP contribution < -0.4 is 0 Å². The third-order valence-corrected chi connectivity index (χ3v) is 1.40. The van der Waals surface area contributed by atoms with Crippen molar-refractivity contribution in [3.8, 4) is 0 Å². The van der Waals surface area contributed by atoms with Crippen molar-refractivity contribution in [3.05, 3.63) is 23.5 Å². The standard InChI is InChI=1S/C7H8O3/c8-6-3-1-5(2-4-6)7(9)10/h1,3,8H,2,4H2,(H,9,10). The Balaban J connectivity index is 2.74. The zero-order chi connectivity index (χ0) is 7.56. The molecule has 0 aromatic carbocycles. The van der Waals surface area contributed by atoms with Gasteiger partial charge in [-0.25, -0.2) is 4.79 Å². The van der Waals surface area contributed by atoms with E-state index in [-0.39, 0.29) is 5.76 Å². The number of hydrogen-bond donors (Lipinski definition) is 2. The lowest BCUT2D eigenvalue weighted by Crippen LogP contribution is -2.03. The van der Waals surface area contributed by atoms with E-state index in [0.717, 1.165) is 0 Å². The predicted molar refractivity (Wildman–Crippen MR) is 35.7 cm³/mol. The van der Waals surface area contributed by atoms with Gasteiger partial charge < -0.3 is 10.2 Å². The van der Waals surface area contributed by atoms with Crippen molar-refractivity contribution in [2.45, 2.75) is 12.8 Å². The van der Waals surface area contributed by atoms with Crippen LogP contribution >= 0.6 is 0 Å². The van der Waals surface area contributed by atoms with Crippen LogP contribution in [0.2, 0.25) is 0 Å². The highest BCUT2D eigenvalue weighted by molar-refractivity contribution is 5.87. The molecule has 1 aliphatic rings. The lowest BCUT2D eigenvalue weighted by molar-refractivity contribution is -0.132. The Morgan fingerprint density at radius 1 is 1.40 bits per heavy atom. The Labute approximate surface area is 58.3 Å². The third-order valence-electron chi connectivity index (χ3n) is 1.40. The zero-order valence-corrected chi connectivity index (χ0v) is 5.37. The molecule has 0 atom stereocenters. The summed E-state index contributed by atoms with van der Waals surface area (Å²) < 4.78 is 0. The summed E-state index contributed by atoms with van der Waals surface area (Å²) in [4.78, 5) is 10.3. The number of carbonyl (C=O) groups is 1. The maximum Gasteiger partial charge on any atom is 0.331 e. The summed E-state index contributed by atoms with van der Waals surface area (Å²) in [6.45, 7) is 0. The van der Waals surface area contributed by atoms with E-state index in [1.54, 1.807) is 0 Å². The zero-order valence-electron chi connectivity index (χ0n) is 5.37. The lowest BCUT2D eigenvalue weighted by atomic mass is 10.0. The molecule has 0 saturated carbocycles. The van der Waals surface area contributed by atoms with Crippen molar-refractivity contribution in [1.29, 1.82) is 0 Å². The van der Waals surface area contributed by atoms with E-state index < -0.39 is 5.97 Å². The molecule has 0 amide bonds. The van der Waals surface area contributed by atoms with Gasteiger partial charge in [0.25, 0.3) is 0 Å². The predicted octanol–water partition coefficient (Wildman–Crippen LogP) is 1.23. The molecule has 1 aliphatic carbocycles. The second-order valence-electron chi connectivity index (χ2n) is 2.16. The Hall–Kier alpha value is -1.25. The van der Waals surface area contributed by atoms with E-state index >= 15 is 0 Å². The second kappa shape index (κ2) is 2.56. The quantitative estimate of drug-likeness (QED) is 0.576. The molecule has 2 N–H and O–H groups in total.